The number of nitrogens with zero attached hydrogens (tertiary/aromatic N) is 1. The summed E-state index contributed by atoms with van der Waals surface area (Å²) in [7, 11) is 0. The van der Waals surface area contributed by atoms with Crippen molar-refractivity contribution >= 4 is 99.1 Å². The zero-order valence-corrected chi connectivity index (χ0v) is 30.3. The fraction of sp³-hybridized carbons (Fsp3) is 0.333. The van der Waals surface area contributed by atoms with Gasteiger partial charge >= 0.3 is 12.2 Å². The van der Waals surface area contributed by atoms with E-state index in [1.807, 2.05) is 0 Å². The Kier molecular flexibility index (Phi) is 10.9. The van der Waals surface area contributed by atoms with Gasteiger partial charge < -0.3 is 20.1 Å². The number of benzene rings is 3. The summed E-state index contributed by atoms with van der Waals surface area (Å²) >= 11 is 31.4. The van der Waals surface area contributed by atoms with Crippen LogP contribution >= 0.6 is 58.0 Å². The maximum Gasteiger partial charge on any atom is 0.424 e. The molecule has 2 atom stereocenters. The molecule has 1 fully saturated rings. The first-order valence-corrected chi connectivity index (χ1v) is 16.3. The molecule has 2 N–H and O–H groups in total. The van der Waals surface area contributed by atoms with E-state index in [-0.39, 0.29) is 27.6 Å². The highest BCUT2D eigenvalue weighted by Crippen LogP contribution is 2.65. The molecule has 1 aliphatic carbocycles. The molecule has 0 heterocycles. The van der Waals surface area contributed by atoms with Gasteiger partial charge in [-0.05, 0) is 95.6 Å². The zero-order valence-electron chi connectivity index (χ0n) is 26.5. The van der Waals surface area contributed by atoms with Crippen molar-refractivity contribution in [3.8, 4) is 0 Å². The van der Waals surface area contributed by atoms with Crippen molar-refractivity contribution in [2.24, 2.45) is 5.92 Å². The van der Waals surface area contributed by atoms with Crippen LogP contribution in [-0.2, 0) is 14.3 Å². The summed E-state index contributed by atoms with van der Waals surface area (Å²) in [5.41, 5.74) is -1.77. The van der Waals surface area contributed by atoms with Crippen LogP contribution in [0, 0.1) is 11.7 Å². The molecular weight excluding hydrogens is 731 g/mol. The fourth-order valence-electron chi connectivity index (χ4n) is 4.65. The highest BCUT2D eigenvalue weighted by Gasteiger charge is 2.67. The van der Waals surface area contributed by atoms with Crippen molar-refractivity contribution < 1.29 is 33.0 Å². The number of amides is 4. The van der Waals surface area contributed by atoms with Crippen LogP contribution in [0.25, 0.3) is 0 Å². The minimum Gasteiger partial charge on any atom is -0.443 e. The molecule has 0 saturated heterocycles. The van der Waals surface area contributed by atoms with Crippen LogP contribution in [0.4, 0.5) is 31.0 Å². The van der Waals surface area contributed by atoms with E-state index < -0.39 is 57.2 Å². The summed E-state index contributed by atoms with van der Waals surface area (Å²) in [4.78, 5) is 52.8. The van der Waals surface area contributed by atoms with E-state index in [0.717, 1.165) is 12.1 Å². The summed E-state index contributed by atoms with van der Waals surface area (Å²) in [6.07, 6.45) is -2.18. The maximum atomic E-state index is 15.4. The number of nitrogens with one attached hydrogen (secondary N) is 2. The summed E-state index contributed by atoms with van der Waals surface area (Å²) < 4.78 is 24.6. The highest BCUT2D eigenvalue weighted by molar-refractivity contribution is 6.53. The Balaban J connectivity index is 1.52. The lowest BCUT2D eigenvalue weighted by atomic mass is 10.1. The third kappa shape index (κ3) is 9.03. The molecule has 0 radical (unpaired) electrons. The number of rotatable bonds is 6. The lowest BCUT2D eigenvalue weighted by Crippen LogP contribution is -2.43. The number of ether oxygens (including phenoxy) is 2. The van der Waals surface area contributed by atoms with E-state index in [4.69, 9.17) is 67.5 Å². The number of halogens is 6. The van der Waals surface area contributed by atoms with Crippen LogP contribution in [-0.4, -0.2) is 39.5 Å². The Morgan fingerprint density at radius 1 is 0.792 bits per heavy atom. The smallest absolute Gasteiger partial charge is 0.424 e. The third-order valence-electron chi connectivity index (χ3n) is 6.67. The van der Waals surface area contributed by atoms with Crippen molar-refractivity contribution in [3.63, 3.8) is 0 Å². The molecule has 1 saturated carbocycles. The number of carbonyl (C=O) groups is 4. The minimum absolute atomic E-state index is 0.00505. The Bertz CT molecular complexity index is 1740. The van der Waals surface area contributed by atoms with Crippen molar-refractivity contribution in [2.45, 2.75) is 63.0 Å². The van der Waals surface area contributed by atoms with E-state index in [0.29, 0.717) is 20.5 Å². The Morgan fingerprint density at radius 2 is 1.35 bits per heavy atom. The second kappa shape index (κ2) is 13.9. The quantitative estimate of drug-likeness (QED) is 0.242. The lowest BCUT2D eigenvalue weighted by molar-refractivity contribution is -0.117. The van der Waals surface area contributed by atoms with E-state index in [1.165, 1.54) is 30.3 Å². The number of imide groups is 1. The Labute approximate surface area is 301 Å². The SMILES string of the molecule is CC(C)(C)OC(=O)N(C(=O)OC(C)(C)C)c1ccc(NC(=O)c2cc(NC(=O)C3C(c4cc(Cl)cc(Cl)c4)C3(Cl)Cl)ccc2Cl)c(F)c1. The molecule has 1 aliphatic rings. The van der Waals surface area contributed by atoms with Gasteiger partial charge in [-0.3, -0.25) is 9.59 Å². The van der Waals surface area contributed by atoms with E-state index in [9.17, 15) is 19.2 Å². The Morgan fingerprint density at radius 3 is 1.88 bits per heavy atom. The first-order valence-electron chi connectivity index (χ1n) is 14.4. The number of carbonyl (C=O) groups excluding carboxylic acids is 4. The predicted molar refractivity (Wildman–Crippen MR) is 187 cm³/mol. The van der Waals surface area contributed by atoms with Crippen LogP contribution in [0.3, 0.4) is 0 Å². The van der Waals surface area contributed by atoms with Crippen molar-refractivity contribution in [2.75, 3.05) is 15.5 Å². The number of hydrogen-bond acceptors (Lipinski definition) is 6. The van der Waals surface area contributed by atoms with E-state index in [1.54, 1.807) is 53.7 Å². The molecule has 0 spiro atoms. The van der Waals surface area contributed by atoms with Gasteiger partial charge in [0.15, 0.2) is 0 Å². The summed E-state index contributed by atoms with van der Waals surface area (Å²) in [5, 5.41) is 5.81. The molecule has 15 heteroatoms. The highest BCUT2D eigenvalue weighted by atomic mass is 35.5. The van der Waals surface area contributed by atoms with E-state index >= 15 is 4.39 Å². The minimum atomic E-state index is -1.43. The average Bonchev–Trinajstić information content (AvgIpc) is 3.50. The maximum absolute atomic E-state index is 15.4. The fourth-order valence-corrected chi connectivity index (χ4v) is 6.23. The van der Waals surface area contributed by atoms with Gasteiger partial charge in [0.2, 0.25) is 5.91 Å². The first-order chi connectivity index (χ1) is 22.1. The molecule has 4 amide bonds. The molecule has 48 heavy (non-hydrogen) atoms. The van der Waals surface area contributed by atoms with Gasteiger partial charge in [0.05, 0.1) is 27.9 Å². The van der Waals surface area contributed by atoms with Gasteiger partial charge in [0, 0.05) is 27.7 Å². The van der Waals surface area contributed by atoms with Gasteiger partial charge in [-0.1, -0.05) is 34.8 Å². The van der Waals surface area contributed by atoms with E-state index in [2.05, 4.69) is 10.6 Å². The standard InChI is InChI=1S/C33H31Cl5FN3O6/c1-31(2,3)47-29(45)42(30(46)48-32(4,5)6)20-8-10-24(23(39)15-20)41-27(43)21-14-19(7-9-22(21)36)40-28(44)26-25(33(26,37)38)16-11-17(34)13-18(35)12-16/h7-15,25-26H,1-6H3,(H,40,44)(H,41,43). The Hall–Kier alpha value is -3.28. The average molecular weight is 762 g/mol. The number of alkyl halides is 2. The molecule has 256 valence electrons. The predicted octanol–water partition coefficient (Wildman–Crippen LogP) is 10.2. The van der Waals surface area contributed by atoms with Crippen LogP contribution < -0.4 is 15.5 Å². The van der Waals surface area contributed by atoms with Gasteiger partial charge in [0.25, 0.3) is 5.91 Å². The second-order valence-electron chi connectivity index (χ2n) is 12.9. The number of anilines is 3. The van der Waals surface area contributed by atoms with Crippen LogP contribution in [0.5, 0.6) is 0 Å². The second-order valence-corrected chi connectivity index (χ2v) is 15.7. The summed E-state index contributed by atoms with van der Waals surface area (Å²) in [5.74, 6) is -3.80. The summed E-state index contributed by atoms with van der Waals surface area (Å²) in [6.45, 7) is 9.62. The van der Waals surface area contributed by atoms with Crippen LogP contribution in [0.1, 0.15) is 63.4 Å². The van der Waals surface area contributed by atoms with Crippen LogP contribution in [0.2, 0.25) is 15.1 Å². The zero-order chi connectivity index (χ0) is 35.9. The van der Waals surface area contributed by atoms with Crippen LogP contribution in [0.15, 0.2) is 54.6 Å². The molecule has 0 aromatic heterocycles. The molecule has 0 bridgehead atoms. The van der Waals surface area contributed by atoms with Gasteiger partial charge in [-0.2, -0.15) is 4.90 Å². The van der Waals surface area contributed by atoms with Gasteiger partial charge in [-0.15, -0.1) is 23.2 Å². The topological polar surface area (TPSA) is 114 Å². The molecular formula is C33H31Cl5FN3O6. The van der Waals surface area contributed by atoms with Gasteiger partial charge in [-0.25, -0.2) is 14.0 Å². The molecule has 9 nitrogen and oxygen atoms in total. The number of hydrogen-bond donors (Lipinski definition) is 2. The van der Waals surface area contributed by atoms with Gasteiger partial charge in [0.1, 0.15) is 21.4 Å². The first kappa shape index (κ1) is 37.5. The molecule has 3 aromatic carbocycles. The monoisotopic (exact) mass is 759 g/mol. The van der Waals surface area contributed by atoms with Crippen molar-refractivity contribution in [3.05, 3.63) is 86.6 Å². The van der Waals surface area contributed by atoms with Crippen molar-refractivity contribution in [1.29, 1.82) is 0 Å². The third-order valence-corrected chi connectivity index (χ3v) is 8.38. The largest absolute Gasteiger partial charge is 0.443 e. The molecule has 2 unspecified atom stereocenters. The molecule has 4 rings (SSSR count). The molecule has 3 aromatic rings. The summed E-state index contributed by atoms with van der Waals surface area (Å²) in [6, 6.07) is 12.2. The lowest BCUT2D eigenvalue weighted by Gasteiger charge is -2.28. The normalized spacial score (nSPS) is 16.8. The van der Waals surface area contributed by atoms with Crippen molar-refractivity contribution in [1.82, 2.24) is 0 Å². The molecule has 0 aliphatic heterocycles.